The summed E-state index contributed by atoms with van der Waals surface area (Å²) < 4.78 is 5.27. The summed E-state index contributed by atoms with van der Waals surface area (Å²) in [5.41, 5.74) is 1.22. The van der Waals surface area contributed by atoms with E-state index in [0.717, 1.165) is 0 Å². The monoisotopic (exact) mass is 202 g/mol. The third-order valence-corrected chi connectivity index (χ3v) is 2.33. The third kappa shape index (κ3) is 1.52. The minimum atomic E-state index is -0.0628. The van der Waals surface area contributed by atoms with Crippen molar-refractivity contribution >= 4 is 17.3 Å². The molecule has 0 saturated heterocycles. The van der Waals surface area contributed by atoms with Gasteiger partial charge in [-0.25, -0.2) is 4.85 Å². The highest BCUT2D eigenvalue weighted by atomic mass is 16.5. The highest BCUT2D eigenvalue weighted by molar-refractivity contribution is 5.98. The lowest BCUT2D eigenvalue weighted by atomic mass is 10.2. The van der Waals surface area contributed by atoms with E-state index in [1.165, 1.54) is 0 Å². The predicted molar refractivity (Wildman–Crippen MR) is 56.2 cm³/mol. The molecule has 1 aliphatic heterocycles. The molecule has 0 saturated carbocycles. The van der Waals surface area contributed by atoms with Gasteiger partial charge in [-0.3, -0.25) is 4.79 Å². The molecule has 0 N–H and O–H groups in total. The maximum absolute atomic E-state index is 11.5. The molecular formula is C11H10N2O2. The van der Waals surface area contributed by atoms with Crippen LogP contribution in [0.25, 0.3) is 4.85 Å². The van der Waals surface area contributed by atoms with Crippen LogP contribution in [-0.4, -0.2) is 19.1 Å². The van der Waals surface area contributed by atoms with E-state index in [9.17, 15) is 4.79 Å². The van der Waals surface area contributed by atoms with Crippen LogP contribution in [0.15, 0.2) is 18.2 Å². The van der Waals surface area contributed by atoms with Crippen LogP contribution in [0.5, 0.6) is 5.75 Å². The van der Waals surface area contributed by atoms with Crippen molar-refractivity contribution in [3.8, 4) is 5.75 Å². The summed E-state index contributed by atoms with van der Waals surface area (Å²) in [7, 11) is 0. The minimum Gasteiger partial charge on any atom is -0.482 e. The van der Waals surface area contributed by atoms with Crippen molar-refractivity contribution in [2.24, 2.45) is 0 Å². The molecule has 0 bridgehead atoms. The van der Waals surface area contributed by atoms with Crippen LogP contribution in [-0.2, 0) is 4.79 Å². The van der Waals surface area contributed by atoms with E-state index in [1.807, 2.05) is 6.92 Å². The van der Waals surface area contributed by atoms with E-state index >= 15 is 0 Å². The molecule has 1 amide bonds. The summed E-state index contributed by atoms with van der Waals surface area (Å²) >= 11 is 0. The van der Waals surface area contributed by atoms with E-state index < -0.39 is 0 Å². The lowest BCUT2D eigenvalue weighted by molar-refractivity contribution is -0.121. The van der Waals surface area contributed by atoms with Crippen LogP contribution in [0, 0.1) is 6.57 Å². The van der Waals surface area contributed by atoms with Gasteiger partial charge in [0.25, 0.3) is 5.91 Å². The molecule has 0 atom stereocenters. The number of hydrogen-bond donors (Lipinski definition) is 0. The van der Waals surface area contributed by atoms with Crippen molar-refractivity contribution in [2.45, 2.75) is 6.92 Å². The van der Waals surface area contributed by atoms with Crippen molar-refractivity contribution in [1.29, 1.82) is 0 Å². The smallest absolute Gasteiger partial charge is 0.264 e. The Balaban J connectivity index is 2.51. The molecular weight excluding hydrogens is 192 g/mol. The van der Waals surface area contributed by atoms with Crippen LogP contribution in [0.3, 0.4) is 0 Å². The quantitative estimate of drug-likeness (QED) is 0.652. The van der Waals surface area contributed by atoms with E-state index in [4.69, 9.17) is 11.3 Å². The van der Waals surface area contributed by atoms with Crippen molar-refractivity contribution in [3.63, 3.8) is 0 Å². The highest BCUT2D eigenvalue weighted by Crippen LogP contribution is 2.35. The Morgan fingerprint density at radius 1 is 1.60 bits per heavy atom. The topological polar surface area (TPSA) is 33.9 Å². The molecule has 4 heteroatoms. The number of carbonyl (C=O) groups is 1. The van der Waals surface area contributed by atoms with Gasteiger partial charge in [0.2, 0.25) is 0 Å². The molecule has 1 aliphatic rings. The summed E-state index contributed by atoms with van der Waals surface area (Å²) in [5, 5.41) is 0. The number of carbonyl (C=O) groups excluding carboxylic acids is 1. The second-order valence-corrected chi connectivity index (χ2v) is 3.19. The van der Waals surface area contributed by atoms with Gasteiger partial charge in [-0.15, -0.1) is 0 Å². The molecule has 0 aliphatic carbocycles. The van der Waals surface area contributed by atoms with Crippen LogP contribution in [0.1, 0.15) is 6.92 Å². The molecule has 1 aromatic rings. The van der Waals surface area contributed by atoms with E-state index in [2.05, 4.69) is 4.85 Å². The summed E-state index contributed by atoms with van der Waals surface area (Å²) in [5.74, 6) is 0.607. The molecule has 0 unspecified atom stereocenters. The second-order valence-electron chi connectivity index (χ2n) is 3.19. The fourth-order valence-electron chi connectivity index (χ4n) is 1.61. The lowest BCUT2D eigenvalue weighted by Gasteiger charge is -2.28. The van der Waals surface area contributed by atoms with Crippen LogP contribution >= 0.6 is 0 Å². The number of anilines is 1. The number of rotatable bonds is 1. The Kier molecular flexibility index (Phi) is 2.30. The van der Waals surface area contributed by atoms with E-state index in [1.54, 1.807) is 23.1 Å². The normalized spacial score (nSPS) is 14.1. The van der Waals surface area contributed by atoms with Gasteiger partial charge in [0, 0.05) is 6.54 Å². The fourth-order valence-corrected chi connectivity index (χ4v) is 1.61. The number of ether oxygens (including phenoxy) is 1. The zero-order valence-electron chi connectivity index (χ0n) is 8.36. The molecule has 0 fully saturated rings. The Morgan fingerprint density at radius 3 is 3.07 bits per heavy atom. The first kappa shape index (κ1) is 9.53. The minimum absolute atomic E-state index is 0.0628. The van der Waals surface area contributed by atoms with Gasteiger partial charge in [-0.2, -0.15) is 0 Å². The highest BCUT2D eigenvalue weighted by Gasteiger charge is 2.23. The number of benzene rings is 1. The average Bonchev–Trinajstić information content (AvgIpc) is 2.28. The molecule has 0 aromatic heterocycles. The van der Waals surface area contributed by atoms with Crippen LogP contribution in [0.2, 0.25) is 0 Å². The van der Waals surface area contributed by atoms with Gasteiger partial charge in [-0.1, -0.05) is 6.07 Å². The van der Waals surface area contributed by atoms with Crippen molar-refractivity contribution in [3.05, 3.63) is 29.6 Å². The van der Waals surface area contributed by atoms with Gasteiger partial charge in [0.1, 0.15) is 5.75 Å². The molecule has 0 spiro atoms. The van der Waals surface area contributed by atoms with E-state index in [0.29, 0.717) is 23.7 Å². The second kappa shape index (κ2) is 3.62. The lowest BCUT2D eigenvalue weighted by Crippen LogP contribution is -2.38. The molecule has 76 valence electrons. The number of likely N-dealkylation sites (N-methyl/N-ethyl adjacent to an activating group) is 1. The Morgan fingerprint density at radius 2 is 2.40 bits per heavy atom. The van der Waals surface area contributed by atoms with E-state index in [-0.39, 0.29) is 12.5 Å². The van der Waals surface area contributed by atoms with Crippen molar-refractivity contribution < 1.29 is 9.53 Å². The number of fused-ring (bicyclic) bond motifs is 1. The standard InChI is InChI=1S/C11H10N2O2/c1-3-13-9-6-8(12-2)4-5-10(9)15-7-11(13)14/h4-6H,3,7H2,1H3. The SMILES string of the molecule is [C-]#[N+]c1ccc2c(c1)N(CC)C(=O)CO2. The maximum atomic E-state index is 11.5. The molecule has 0 radical (unpaired) electrons. The summed E-state index contributed by atoms with van der Waals surface area (Å²) in [6.45, 7) is 9.49. The maximum Gasteiger partial charge on any atom is 0.264 e. The number of hydrogen-bond acceptors (Lipinski definition) is 2. The van der Waals surface area contributed by atoms with Crippen molar-refractivity contribution in [1.82, 2.24) is 0 Å². The average molecular weight is 202 g/mol. The first-order valence-corrected chi connectivity index (χ1v) is 4.71. The first-order chi connectivity index (χ1) is 7.26. The van der Waals surface area contributed by atoms with Gasteiger partial charge in [-0.05, 0) is 19.1 Å². The largest absolute Gasteiger partial charge is 0.482 e. The van der Waals surface area contributed by atoms with Gasteiger partial charge < -0.3 is 9.64 Å². The number of nitrogens with zero attached hydrogens (tertiary/aromatic N) is 2. The van der Waals surface area contributed by atoms with Gasteiger partial charge in [0.05, 0.1) is 12.3 Å². The Labute approximate surface area is 87.9 Å². The number of amides is 1. The van der Waals surface area contributed by atoms with Gasteiger partial charge >= 0.3 is 0 Å². The molecule has 4 nitrogen and oxygen atoms in total. The molecule has 1 heterocycles. The summed E-state index contributed by atoms with van der Waals surface area (Å²) in [6, 6.07) is 5.11. The van der Waals surface area contributed by atoms with Crippen molar-refractivity contribution in [2.75, 3.05) is 18.1 Å². The summed E-state index contributed by atoms with van der Waals surface area (Å²) in [6.07, 6.45) is 0. The van der Waals surface area contributed by atoms with Crippen LogP contribution < -0.4 is 9.64 Å². The first-order valence-electron chi connectivity index (χ1n) is 4.71. The third-order valence-electron chi connectivity index (χ3n) is 2.33. The molecule has 15 heavy (non-hydrogen) atoms. The zero-order valence-corrected chi connectivity index (χ0v) is 8.36. The Bertz CT molecular complexity index is 448. The molecule has 1 aromatic carbocycles. The summed E-state index contributed by atoms with van der Waals surface area (Å²) in [4.78, 5) is 16.5. The molecule has 2 rings (SSSR count). The zero-order chi connectivity index (χ0) is 10.8. The van der Waals surface area contributed by atoms with Crippen LogP contribution in [0.4, 0.5) is 11.4 Å². The predicted octanol–water partition coefficient (Wildman–Crippen LogP) is 1.98. The van der Waals surface area contributed by atoms with Gasteiger partial charge in [0.15, 0.2) is 12.3 Å². The Hall–Kier alpha value is -2.02. The fraction of sp³-hybridized carbons (Fsp3) is 0.273.